The molecule has 1 saturated carbocycles. The van der Waals surface area contributed by atoms with Gasteiger partial charge in [-0.05, 0) is 44.9 Å². The molecule has 2 heterocycles. The number of piperidine rings is 1. The molecule has 3 rings (SSSR count). The molecule has 3 atom stereocenters. The fourth-order valence-corrected chi connectivity index (χ4v) is 4.16. The van der Waals surface area contributed by atoms with Gasteiger partial charge in [0.05, 0.1) is 12.0 Å². The van der Waals surface area contributed by atoms with Crippen LogP contribution in [0.5, 0.6) is 0 Å². The molecule has 3 nitrogen and oxygen atoms in total. The predicted octanol–water partition coefficient (Wildman–Crippen LogP) is 3.15. The minimum absolute atomic E-state index is 0.537. The van der Waals surface area contributed by atoms with Crippen LogP contribution < -0.4 is 5.32 Å². The Morgan fingerprint density at radius 2 is 2.28 bits per heavy atom. The third-order valence-corrected chi connectivity index (χ3v) is 5.54. The Morgan fingerprint density at radius 3 is 3.00 bits per heavy atom. The lowest BCUT2D eigenvalue weighted by Crippen LogP contribution is -2.29. The zero-order valence-electron chi connectivity index (χ0n) is 11.1. The molecule has 1 saturated heterocycles. The molecule has 100 valence electrons. The van der Waals surface area contributed by atoms with E-state index in [1.165, 1.54) is 44.2 Å². The number of imidazole rings is 1. The summed E-state index contributed by atoms with van der Waals surface area (Å²) < 4.78 is 2.46. The van der Waals surface area contributed by atoms with Crippen molar-refractivity contribution in [2.75, 3.05) is 12.8 Å². The molecule has 1 aromatic rings. The third kappa shape index (κ3) is 2.45. The minimum Gasteiger partial charge on any atom is -0.330 e. The van der Waals surface area contributed by atoms with Crippen molar-refractivity contribution in [3.05, 3.63) is 18.2 Å². The first-order valence-electron chi connectivity index (χ1n) is 7.16. The Labute approximate surface area is 114 Å². The van der Waals surface area contributed by atoms with Crippen LogP contribution in [0.1, 0.15) is 56.3 Å². The maximum atomic E-state index is 4.41. The van der Waals surface area contributed by atoms with Gasteiger partial charge in [-0.2, -0.15) is 11.8 Å². The summed E-state index contributed by atoms with van der Waals surface area (Å²) in [6, 6.07) is 1.22. The molecule has 18 heavy (non-hydrogen) atoms. The number of aromatic nitrogens is 2. The van der Waals surface area contributed by atoms with Crippen LogP contribution in [0, 0.1) is 0 Å². The van der Waals surface area contributed by atoms with Gasteiger partial charge < -0.3 is 9.88 Å². The van der Waals surface area contributed by atoms with Gasteiger partial charge in [0.1, 0.15) is 0 Å². The van der Waals surface area contributed by atoms with E-state index >= 15 is 0 Å². The monoisotopic (exact) mass is 265 g/mol. The minimum atomic E-state index is 0.537. The summed E-state index contributed by atoms with van der Waals surface area (Å²) >= 11 is 2.03. The summed E-state index contributed by atoms with van der Waals surface area (Å²) in [4.78, 5) is 4.41. The first-order valence-corrected chi connectivity index (χ1v) is 8.45. The maximum Gasteiger partial charge on any atom is 0.0951 e. The molecule has 2 aliphatic rings. The average Bonchev–Trinajstić information content (AvgIpc) is 3.08. The van der Waals surface area contributed by atoms with Crippen molar-refractivity contribution < 1.29 is 0 Å². The first kappa shape index (κ1) is 12.5. The lowest BCUT2D eigenvalue weighted by molar-refractivity contribution is 0.378. The number of nitrogens with zero attached hydrogens (tertiary/aromatic N) is 2. The fraction of sp³-hybridized carbons (Fsp3) is 0.786. The molecule has 0 bridgehead atoms. The molecule has 0 amide bonds. The van der Waals surface area contributed by atoms with Crippen molar-refractivity contribution in [3.63, 3.8) is 0 Å². The number of rotatable bonds is 3. The SMILES string of the molecule is CSC1CCC(n2cncc2C2CCCCN2)C1. The van der Waals surface area contributed by atoms with E-state index in [1.807, 2.05) is 11.8 Å². The molecule has 1 N–H and O–H groups in total. The van der Waals surface area contributed by atoms with Gasteiger partial charge in [-0.25, -0.2) is 4.98 Å². The van der Waals surface area contributed by atoms with Crippen molar-refractivity contribution in [1.82, 2.24) is 14.9 Å². The van der Waals surface area contributed by atoms with Crippen LogP contribution in [0.4, 0.5) is 0 Å². The molecule has 0 radical (unpaired) electrons. The second kappa shape index (κ2) is 5.66. The van der Waals surface area contributed by atoms with Crippen LogP contribution in [-0.2, 0) is 0 Å². The maximum absolute atomic E-state index is 4.41. The highest BCUT2D eigenvalue weighted by Crippen LogP contribution is 2.38. The smallest absolute Gasteiger partial charge is 0.0951 e. The molecular weight excluding hydrogens is 242 g/mol. The predicted molar refractivity (Wildman–Crippen MR) is 77.0 cm³/mol. The molecule has 2 fully saturated rings. The quantitative estimate of drug-likeness (QED) is 0.910. The lowest BCUT2D eigenvalue weighted by atomic mass is 10.0. The molecule has 1 aliphatic carbocycles. The van der Waals surface area contributed by atoms with Crippen LogP contribution in [0.3, 0.4) is 0 Å². The summed E-state index contributed by atoms with van der Waals surface area (Å²) in [5.74, 6) is 0. The summed E-state index contributed by atoms with van der Waals surface area (Å²) in [6.07, 6.45) is 14.3. The highest BCUT2D eigenvalue weighted by atomic mass is 32.2. The van der Waals surface area contributed by atoms with Crippen molar-refractivity contribution in [2.45, 2.75) is 55.9 Å². The van der Waals surface area contributed by atoms with E-state index in [1.54, 1.807) is 0 Å². The van der Waals surface area contributed by atoms with Crippen molar-refractivity contribution in [1.29, 1.82) is 0 Å². The average molecular weight is 265 g/mol. The normalized spacial score (nSPS) is 32.8. The molecule has 1 aromatic heterocycles. The van der Waals surface area contributed by atoms with E-state index in [0.29, 0.717) is 12.1 Å². The van der Waals surface area contributed by atoms with E-state index in [0.717, 1.165) is 11.8 Å². The largest absolute Gasteiger partial charge is 0.330 e. The summed E-state index contributed by atoms with van der Waals surface area (Å²) in [5.41, 5.74) is 1.42. The lowest BCUT2D eigenvalue weighted by Gasteiger charge is -2.26. The fourth-order valence-electron chi connectivity index (χ4n) is 3.38. The van der Waals surface area contributed by atoms with Crippen LogP contribution in [0.25, 0.3) is 0 Å². The molecule has 3 unspecified atom stereocenters. The first-order chi connectivity index (χ1) is 8.88. The molecular formula is C14H23N3S. The Hall–Kier alpha value is -0.480. The van der Waals surface area contributed by atoms with Gasteiger partial charge in [0.15, 0.2) is 0 Å². The second-order valence-electron chi connectivity index (χ2n) is 5.55. The van der Waals surface area contributed by atoms with E-state index in [9.17, 15) is 0 Å². The molecule has 1 aliphatic heterocycles. The zero-order valence-corrected chi connectivity index (χ0v) is 12.0. The van der Waals surface area contributed by atoms with Crippen molar-refractivity contribution in [2.24, 2.45) is 0 Å². The topological polar surface area (TPSA) is 29.9 Å². The van der Waals surface area contributed by atoms with Crippen LogP contribution in [0.15, 0.2) is 12.5 Å². The van der Waals surface area contributed by atoms with Crippen molar-refractivity contribution in [3.8, 4) is 0 Å². The second-order valence-corrected chi connectivity index (χ2v) is 6.69. The zero-order chi connectivity index (χ0) is 12.4. The number of thioether (sulfide) groups is 1. The molecule has 4 heteroatoms. The van der Waals surface area contributed by atoms with E-state index in [2.05, 4.69) is 33.6 Å². The number of hydrogen-bond donors (Lipinski definition) is 1. The Kier molecular flexibility index (Phi) is 3.94. The van der Waals surface area contributed by atoms with E-state index in [4.69, 9.17) is 0 Å². The number of hydrogen-bond acceptors (Lipinski definition) is 3. The third-order valence-electron chi connectivity index (χ3n) is 4.45. The van der Waals surface area contributed by atoms with Gasteiger partial charge in [0.2, 0.25) is 0 Å². The highest BCUT2D eigenvalue weighted by Gasteiger charge is 2.28. The van der Waals surface area contributed by atoms with Gasteiger partial charge in [0, 0.05) is 23.5 Å². The summed E-state index contributed by atoms with van der Waals surface area (Å²) in [7, 11) is 0. The van der Waals surface area contributed by atoms with Gasteiger partial charge in [-0.1, -0.05) is 6.42 Å². The Morgan fingerprint density at radius 1 is 1.33 bits per heavy atom. The summed E-state index contributed by atoms with van der Waals surface area (Å²) in [5, 5.41) is 4.50. The standard InChI is InChI=1S/C14H23N3S/c1-18-12-6-5-11(8-12)17-10-15-9-14(17)13-4-2-3-7-16-13/h9-13,16H,2-8H2,1H3. The van der Waals surface area contributed by atoms with Crippen LogP contribution >= 0.6 is 11.8 Å². The van der Waals surface area contributed by atoms with Crippen molar-refractivity contribution >= 4 is 11.8 Å². The van der Waals surface area contributed by atoms with Gasteiger partial charge >= 0.3 is 0 Å². The number of nitrogens with one attached hydrogen (secondary N) is 1. The summed E-state index contributed by atoms with van der Waals surface area (Å²) in [6.45, 7) is 1.16. The Bertz CT molecular complexity index is 384. The van der Waals surface area contributed by atoms with Gasteiger partial charge in [-0.3, -0.25) is 0 Å². The van der Waals surface area contributed by atoms with Crippen LogP contribution in [-0.4, -0.2) is 27.6 Å². The van der Waals surface area contributed by atoms with Crippen LogP contribution in [0.2, 0.25) is 0 Å². The van der Waals surface area contributed by atoms with E-state index < -0.39 is 0 Å². The van der Waals surface area contributed by atoms with E-state index in [-0.39, 0.29) is 0 Å². The Balaban J connectivity index is 1.74. The molecule has 0 spiro atoms. The molecule has 0 aromatic carbocycles. The highest BCUT2D eigenvalue weighted by molar-refractivity contribution is 7.99. The van der Waals surface area contributed by atoms with Gasteiger partial charge in [-0.15, -0.1) is 0 Å². The van der Waals surface area contributed by atoms with Gasteiger partial charge in [0.25, 0.3) is 0 Å².